The Morgan fingerprint density at radius 2 is 2.03 bits per heavy atom. The lowest BCUT2D eigenvalue weighted by Gasteiger charge is -2.13. The average Bonchev–Trinajstić information content (AvgIpc) is 2.81. The van der Waals surface area contributed by atoms with E-state index in [1.165, 1.54) is 24.3 Å². The van der Waals surface area contributed by atoms with Crippen LogP contribution in [0.2, 0.25) is 0 Å². The number of benzene rings is 3. The van der Waals surface area contributed by atoms with Crippen LogP contribution in [-0.2, 0) is 6.42 Å². The number of carboxylic acid groups (broad SMARTS) is 1. The largest absolute Gasteiger partial charge is 0.478 e. The molecule has 0 aliphatic heterocycles. The highest BCUT2D eigenvalue weighted by Crippen LogP contribution is 2.22. The highest BCUT2D eigenvalue weighted by atomic mass is 16.4. The van der Waals surface area contributed by atoms with Gasteiger partial charge in [0.25, 0.3) is 0 Å². The van der Waals surface area contributed by atoms with Gasteiger partial charge in [-0.3, -0.25) is 0 Å². The number of aromatic carboxylic acids is 1. The van der Waals surface area contributed by atoms with E-state index in [1.54, 1.807) is 31.2 Å². The average molecular weight is 399 g/mol. The van der Waals surface area contributed by atoms with E-state index in [0.717, 1.165) is 0 Å². The molecule has 0 saturated carbocycles. The summed E-state index contributed by atoms with van der Waals surface area (Å²) in [5.74, 6) is -1.56. The molecule has 0 aliphatic carbocycles. The van der Waals surface area contributed by atoms with Crippen LogP contribution >= 0.6 is 0 Å². The van der Waals surface area contributed by atoms with Crippen molar-refractivity contribution in [3.63, 3.8) is 0 Å². The van der Waals surface area contributed by atoms with Crippen molar-refractivity contribution < 1.29 is 27.3 Å². The van der Waals surface area contributed by atoms with Gasteiger partial charge in [-0.15, -0.1) is 0 Å². The third kappa shape index (κ3) is 6.01. The standard InChI is InChI=1S/C25H27NO3/c1-18-6-2-11-22(14-18)24(27)17-26-13-5-8-19-7-3-9-20(15-19)21-10-4-12-23(16-21)25(28)29/h2-4,6-7,9-12,14-16,24,26-27H,5,8,13,17H2,1H3,(H,28,29)/t24-/m0/s1/i4D,10D,12D,13D2,16D,17D2,24D. The van der Waals surface area contributed by atoms with E-state index < -0.39 is 54.8 Å². The summed E-state index contributed by atoms with van der Waals surface area (Å²) in [6.45, 7) is -3.52. The van der Waals surface area contributed by atoms with Crippen molar-refractivity contribution in [1.29, 1.82) is 0 Å². The van der Waals surface area contributed by atoms with Gasteiger partial charge in [-0.2, -0.15) is 0 Å². The fourth-order valence-electron chi connectivity index (χ4n) is 2.71. The van der Waals surface area contributed by atoms with Crippen LogP contribution in [0.15, 0.2) is 72.7 Å². The number of carboxylic acids is 1. The summed E-state index contributed by atoms with van der Waals surface area (Å²) in [5, 5.41) is 22.2. The summed E-state index contributed by atoms with van der Waals surface area (Å²) in [7, 11) is 0. The summed E-state index contributed by atoms with van der Waals surface area (Å²) < 4.78 is 73.4. The van der Waals surface area contributed by atoms with Crippen molar-refractivity contribution >= 4 is 5.97 Å². The topological polar surface area (TPSA) is 69.6 Å². The van der Waals surface area contributed by atoms with Crippen molar-refractivity contribution in [2.75, 3.05) is 13.0 Å². The molecule has 29 heavy (non-hydrogen) atoms. The molecule has 4 nitrogen and oxygen atoms in total. The van der Waals surface area contributed by atoms with Crippen LogP contribution in [0.25, 0.3) is 11.1 Å². The quantitative estimate of drug-likeness (QED) is 0.492. The Morgan fingerprint density at radius 1 is 1.21 bits per heavy atom. The fraction of sp³-hybridized carbons (Fsp3) is 0.240. The van der Waals surface area contributed by atoms with Crippen LogP contribution in [-0.4, -0.2) is 29.2 Å². The van der Waals surface area contributed by atoms with Crippen LogP contribution in [0.1, 0.15) is 51.9 Å². The number of aliphatic hydroxyl groups is 1. The second-order valence-corrected chi connectivity index (χ2v) is 6.40. The molecule has 0 radical (unpaired) electrons. The number of hydrogen-bond acceptors (Lipinski definition) is 3. The van der Waals surface area contributed by atoms with E-state index in [1.807, 2.05) is 0 Å². The summed E-state index contributed by atoms with van der Waals surface area (Å²) in [5.41, 5.74) is 0.599. The number of hydrogen-bond donors (Lipinski definition) is 3. The Hall–Kier alpha value is -2.95. The SMILES string of the molecule is [2H]c1c([2H])c(C(=O)O)c([2H])c(-c2cccc(CCC([2H])([2H])NC([2H])([2H])[C@]([2H])(O)c3cccc(C)c3)c2)c1[2H]. The van der Waals surface area contributed by atoms with Gasteiger partial charge in [0.1, 0.15) is 0 Å². The fourth-order valence-corrected chi connectivity index (χ4v) is 2.71. The highest BCUT2D eigenvalue weighted by Gasteiger charge is 2.07. The second-order valence-electron chi connectivity index (χ2n) is 6.40. The lowest BCUT2D eigenvalue weighted by atomic mass is 9.99. The first-order valence-corrected chi connectivity index (χ1v) is 9.00. The van der Waals surface area contributed by atoms with Crippen LogP contribution < -0.4 is 5.32 Å². The van der Waals surface area contributed by atoms with E-state index in [-0.39, 0.29) is 29.5 Å². The predicted molar refractivity (Wildman–Crippen MR) is 116 cm³/mol. The molecule has 0 aromatic heterocycles. The molecule has 1 atom stereocenters. The molecular weight excluding hydrogens is 362 g/mol. The first-order valence-electron chi connectivity index (χ1n) is 13.5. The Bertz CT molecular complexity index is 1380. The number of aryl methyl sites for hydroxylation is 2. The Morgan fingerprint density at radius 3 is 2.83 bits per heavy atom. The van der Waals surface area contributed by atoms with Gasteiger partial charge >= 0.3 is 5.97 Å². The van der Waals surface area contributed by atoms with Crippen LogP contribution in [0.4, 0.5) is 0 Å². The maximum Gasteiger partial charge on any atom is 0.335 e. The lowest BCUT2D eigenvalue weighted by molar-refractivity contribution is 0.0697. The number of rotatable bonds is 9. The van der Waals surface area contributed by atoms with Crippen LogP contribution in [0.5, 0.6) is 0 Å². The molecule has 3 aromatic rings. The zero-order chi connectivity index (χ0) is 28.6. The first-order chi connectivity index (χ1) is 17.5. The van der Waals surface area contributed by atoms with E-state index >= 15 is 0 Å². The molecule has 3 aromatic carbocycles. The summed E-state index contributed by atoms with van der Waals surface area (Å²) in [6.07, 6.45) is -3.03. The zero-order valence-electron chi connectivity index (χ0n) is 24.8. The van der Waals surface area contributed by atoms with Crippen LogP contribution in [0.3, 0.4) is 0 Å². The molecule has 0 amide bonds. The Kier molecular flexibility index (Phi) is 4.11. The molecule has 0 aliphatic rings. The molecule has 0 spiro atoms. The molecule has 3 N–H and O–H groups in total. The van der Waals surface area contributed by atoms with Crippen LogP contribution in [0, 0.1) is 6.92 Å². The Balaban J connectivity index is 1.85. The predicted octanol–water partition coefficient (Wildman–Crippen LogP) is 4.62. The van der Waals surface area contributed by atoms with Crippen molar-refractivity contribution in [1.82, 2.24) is 5.32 Å². The minimum atomic E-state index is -2.87. The maximum absolute atomic E-state index is 11.6. The summed E-state index contributed by atoms with van der Waals surface area (Å²) in [6, 6.07) is 9.93. The van der Waals surface area contributed by atoms with E-state index in [2.05, 4.69) is 5.32 Å². The maximum atomic E-state index is 11.6. The molecule has 150 valence electrons. The minimum Gasteiger partial charge on any atom is -0.478 e. The first kappa shape index (κ1) is 11.9. The molecule has 0 fully saturated rings. The zero-order valence-corrected chi connectivity index (χ0v) is 15.8. The normalized spacial score (nSPS) is 18.5. The van der Waals surface area contributed by atoms with Gasteiger partial charge in [0.2, 0.25) is 0 Å². The van der Waals surface area contributed by atoms with Crippen molar-refractivity contribution in [3.8, 4) is 11.1 Å². The third-order valence-corrected chi connectivity index (χ3v) is 4.15. The van der Waals surface area contributed by atoms with Gasteiger partial charge in [-0.25, -0.2) is 4.79 Å². The minimum absolute atomic E-state index is 0.0379. The van der Waals surface area contributed by atoms with Crippen molar-refractivity contribution in [2.45, 2.75) is 25.8 Å². The summed E-state index contributed by atoms with van der Waals surface area (Å²) in [4.78, 5) is 11.6. The van der Waals surface area contributed by atoms with E-state index in [4.69, 9.17) is 12.3 Å². The monoisotopic (exact) mass is 398 g/mol. The molecule has 0 unspecified atom stereocenters. The molecule has 4 heteroatoms. The van der Waals surface area contributed by atoms with Crippen molar-refractivity contribution in [2.24, 2.45) is 0 Å². The van der Waals surface area contributed by atoms with E-state index in [9.17, 15) is 15.0 Å². The molecule has 3 rings (SSSR count). The second kappa shape index (κ2) is 10.0. The van der Waals surface area contributed by atoms with Gasteiger partial charge in [-0.05, 0) is 60.6 Å². The van der Waals surface area contributed by atoms with Gasteiger partial charge in [0, 0.05) is 12.0 Å². The summed E-state index contributed by atoms with van der Waals surface area (Å²) >= 11 is 0. The number of carbonyl (C=O) groups is 1. The van der Waals surface area contributed by atoms with Gasteiger partial charge < -0.3 is 15.5 Å². The van der Waals surface area contributed by atoms with Gasteiger partial charge in [-0.1, -0.05) is 66.2 Å². The van der Waals surface area contributed by atoms with Crippen molar-refractivity contribution in [3.05, 3.63) is 95.0 Å². The smallest absolute Gasteiger partial charge is 0.335 e. The Labute approximate surface area is 184 Å². The molecule has 0 bridgehead atoms. The third-order valence-electron chi connectivity index (χ3n) is 4.15. The molecule has 0 saturated heterocycles. The number of nitrogens with one attached hydrogen (secondary N) is 1. The highest BCUT2D eigenvalue weighted by molar-refractivity contribution is 5.89. The lowest BCUT2D eigenvalue weighted by Crippen LogP contribution is -2.22. The molecule has 0 heterocycles. The van der Waals surface area contributed by atoms with E-state index in [0.29, 0.717) is 11.1 Å². The molecular formula is C25H27NO3. The van der Waals surface area contributed by atoms with Gasteiger partial charge in [0.15, 0.2) is 0 Å². The van der Waals surface area contributed by atoms with Gasteiger partial charge in [0.05, 0.1) is 18.5 Å².